The van der Waals surface area contributed by atoms with E-state index >= 15 is 0 Å². The smallest absolute Gasteiger partial charge is 0.305 e. The highest BCUT2D eigenvalue weighted by Crippen LogP contribution is 2.19. The van der Waals surface area contributed by atoms with Crippen LogP contribution in [-0.4, -0.2) is 55.1 Å². The van der Waals surface area contributed by atoms with E-state index in [4.69, 9.17) is 5.11 Å². The zero-order valence-corrected chi connectivity index (χ0v) is 12.6. The van der Waals surface area contributed by atoms with Crippen LogP contribution in [0.15, 0.2) is 0 Å². The number of hydrogen-bond donors (Lipinski definition) is 2. The minimum absolute atomic E-state index is 0.120. The number of rotatable bonds is 6. The van der Waals surface area contributed by atoms with Crippen molar-refractivity contribution in [3.63, 3.8) is 0 Å². The Morgan fingerprint density at radius 1 is 1.45 bits per heavy atom. The molecule has 1 amide bonds. The van der Waals surface area contributed by atoms with E-state index < -0.39 is 28.0 Å². The quantitative estimate of drug-likeness (QED) is 0.720. The van der Waals surface area contributed by atoms with E-state index in [1.807, 2.05) is 0 Å². The number of aliphatic carboxylic acids is 1. The molecule has 2 N–H and O–H groups in total. The molecule has 116 valence electrons. The molecule has 0 aromatic heterocycles. The molecule has 7 nitrogen and oxygen atoms in total. The predicted octanol–water partition coefficient (Wildman–Crippen LogP) is 0.0275. The van der Waals surface area contributed by atoms with E-state index in [-0.39, 0.29) is 18.9 Å². The zero-order chi connectivity index (χ0) is 15.3. The van der Waals surface area contributed by atoms with Gasteiger partial charge in [0, 0.05) is 19.1 Å². The van der Waals surface area contributed by atoms with Crippen LogP contribution in [0.2, 0.25) is 0 Å². The third-order valence-electron chi connectivity index (χ3n) is 3.48. The minimum Gasteiger partial charge on any atom is -0.481 e. The zero-order valence-electron chi connectivity index (χ0n) is 11.8. The molecular weight excluding hydrogens is 284 g/mol. The summed E-state index contributed by atoms with van der Waals surface area (Å²) in [7, 11) is -3.29. The Kier molecular flexibility index (Phi) is 5.94. The summed E-state index contributed by atoms with van der Waals surface area (Å²) in [5.74, 6) is -1.62. The van der Waals surface area contributed by atoms with Gasteiger partial charge < -0.3 is 10.4 Å². The third-order valence-corrected chi connectivity index (χ3v) is 4.75. The molecule has 0 aromatic rings. The van der Waals surface area contributed by atoms with Gasteiger partial charge in [-0.15, -0.1) is 0 Å². The number of piperidine rings is 1. The fourth-order valence-electron chi connectivity index (χ4n) is 2.28. The number of carbonyl (C=O) groups is 2. The second-order valence-electron chi connectivity index (χ2n) is 5.17. The van der Waals surface area contributed by atoms with E-state index in [1.165, 1.54) is 4.31 Å². The maximum Gasteiger partial charge on any atom is 0.305 e. The monoisotopic (exact) mass is 306 g/mol. The topological polar surface area (TPSA) is 104 Å². The van der Waals surface area contributed by atoms with Crippen LogP contribution in [0, 0.1) is 5.92 Å². The molecule has 8 heteroatoms. The van der Waals surface area contributed by atoms with Crippen molar-refractivity contribution >= 4 is 21.9 Å². The van der Waals surface area contributed by atoms with Crippen LogP contribution in [0.3, 0.4) is 0 Å². The Bertz CT molecular complexity index is 462. The molecular formula is C12H22N2O5S. The summed E-state index contributed by atoms with van der Waals surface area (Å²) in [6.45, 7) is 2.42. The van der Waals surface area contributed by atoms with E-state index in [1.54, 1.807) is 6.92 Å². The molecule has 1 fully saturated rings. The van der Waals surface area contributed by atoms with Crippen LogP contribution in [0.5, 0.6) is 0 Å². The van der Waals surface area contributed by atoms with Gasteiger partial charge in [-0.1, -0.05) is 6.92 Å². The number of nitrogens with one attached hydrogen (secondary N) is 1. The molecule has 1 heterocycles. The van der Waals surface area contributed by atoms with Crippen LogP contribution in [-0.2, 0) is 19.6 Å². The predicted molar refractivity (Wildman–Crippen MR) is 73.6 cm³/mol. The van der Waals surface area contributed by atoms with Gasteiger partial charge >= 0.3 is 5.97 Å². The number of sulfonamides is 1. The van der Waals surface area contributed by atoms with Crippen molar-refractivity contribution in [2.75, 3.05) is 19.3 Å². The molecule has 0 spiro atoms. The highest BCUT2D eigenvalue weighted by atomic mass is 32.2. The Hall–Kier alpha value is -1.15. The highest BCUT2D eigenvalue weighted by Gasteiger charge is 2.31. The van der Waals surface area contributed by atoms with Crippen molar-refractivity contribution < 1.29 is 23.1 Å². The molecule has 1 aliphatic heterocycles. The van der Waals surface area contributed by atoms with Crippen molar-refractivity contribution in [3.05, 3.63) is 0 Å². The van der Waals surface area contributed by atoms with Crippen LogP contribution in [0.1, 0.15) is 32.6 Å². The molecule has 0 aromatic carbocycles. The summed E-state index contributed by atoms with van der Waals surface area (Å²) in [6.07, 6.45) is 2.81. The Morgan fingerprint density at radius 3 is 2.60 bits per heavy atom. The summed E-state index contributed by atoms with van der Waals surface area (Å²) in [5.41, 5.74) is 0. The highest BCUT2D eigenvalue weighted by molar-refractivity contribution is 7.88. The van der Waals surface area contributed by atoms with E-state index in [9.17, 15) is 18.0 Å². The number of hydrogen-bond acceptors (Lipinski definition) is 4. The second-order valence-corrected chi connectivity index (χ2v) is 7.15. The maximum absolute atomic E-state index is 12.1. The summed E-state index contributed by atoms with van der Waals surface area (Å²) in [5, 5.41) is 11.4. The Morgan fingerprint density at radius 2 is 2.10 bits per heavy atom. The second kappa shape index (κ2) is 7.03. The standard InChI is InChI=1S/C12H22N2O5S/c1-3-10(7-11(15)16)13-12(17)9-5-4-6-14(8-9)20(2,18)19/h9-10H,3-8H2,1-2H3,(H,13,17)(H,15,16). The van der Waals surface area contributed by atoms with E-state index in [0.29, 0.717) is 25.8 Å². The lowest BCUT2D eigenvalue weighted by atomic mass is 9.98. The molecule has 0 saturated carbocycles. The number of carboxylic acid groups (broad SMARTS) is 1. The summed E-state index contributed by atoms with van der Waals surface area (Å²) in [6, 6.07) is -0.409. The number of carbonyl (C=O) groups excluding carboxylic acids is 1. The normalized spacial score (nSPS) is 22.2. The van der Waals surface area contributed by atoms with Gasteiger partial charge in [0.25, 0.3) is 0 Å². The molecule has 2 atom stereocenters. The number of amides is 1. The first kappa shape index (κ1) is 16.9. The van der Waals surface area contributed by atoms with Crippen molar-refractivity contribution in [2.45, 2.75) is 38.6 Å². The minimum atomic E-state index is -3.29. The van der Waals surface area contributed by atoms with E-state index in [2.05, 4.69) is 5.32 Å². The summed E-state index contributed by atoms with van der Waals surface area (Å²) in [4.78, 5) is 22.8. The average Bonchev–Trinajstić information content (AvgIpc) is 2.36. The lowest BCUT2D eigenvalue weighted by Gasteiger charge is -2.31. The Balaban J connectivity index is 2.60. The van der Waals surface area contributed by atoms with Gasteiger partial charge in [-0.25, -0.2) is 12.7 Å². The molecule has 1 saturated heterocycles. The van der Waals surface area contributed by atoms with Gasteiger partial charge in [-0.05, 0) is 19.3 Å². The van der Waals surface area contributed by atoms with Crippen molar-refractivity contribution in [3.8, 4) is 0 Å². The van der Waals surface area contributed by atoms with Crippen LogP contribution >= 0.6 is 0 Å². The first-order chi connectivity index (χ1) is 9.24. The third kappa shape index (κ3) is 5.09. The molecule has 1 aliphatic rings. The molecule has 0 bridgehead atoms. The van der Waals surface area contributed by atoms with Gasteiger partial charge in [-0.3, -0.25) is 9.59 Å². The largest absolute Gasteiger partial charge is 0.481 e. The van der Waals surface area contributed by atoms with Crippen LogP contribution < -0.4 is 5.32 Å². The maximum atomic E-state index is 12.1. The van der Waals surface area contributed by atoms with Gasteiger partial charge in [-0.2, -0.15) is 0 Å². The van der Waals surface area contributed by atoms with Crippen LogP contribution in [0.25, 0.3) is 0 Å². The van der Waals surface area contributed by atoms with Crippen molar-refractivity contribution in [2.24, 2.45) is 5.92 Å². The van der Waals surface area contributed by atoms with Gasteiger partial charge in [0.2, 0.25) is 15.9 Å². The number of carboxylic acids is 1. The first-order valence-corrected chi connectivity index (χ1v) is 8.56. The summed E-state index contributed by atoms with van der Waals surface area (Å²) < 4.78 is 24.3. The molecule has 0 radical (unpaired) electrons. The molecule has 0 aliphatic carbocycles. The SMILES string of the molecule is CCC(CC(=O)O)NC(=O)C1CCCN(S(C)(=O)=O)C1. The molecule has 2 unspecified atom stereocenters. The Labute approximate surface area is 119 Å². The average molecular weight is 306 g/mol. The lowest BCUT2D eigenvalue weighted by molar-refractivity contribution is -0.137. The van der Waals surface area contributed by atoms with Gasteiger partial charge in [0.1, 0.15) is 0 Å². The van der Waals surface area contributed by atoms with Crippen molar-refractivity contribution in [1.29, 1.82) is 0 Å². The first-order valence-electron chi connectivity index (χ1n) is 6.71. The van der Waals surface area contributed by atoms with Gasteiger partial charge in [0.05, 0.1) is 18.6 Å². The van der Waals surface area contributed by atoms with Gasteiger partial charge in [0.15, 0.2) is 0 Å². The fraction of sp³-hybridized carbons (Fsp3) is 0.833. The lowest BCUT2D eigenvalue weighted by Crippen LogP contribution is -2.47. The number of nitrogens with zero attached hydrogens (tertiary/aromatic N) is 1. The van der Waals surface area contributed by atoms with E-state index in [0.717, 1.165) is 6.26 Å². The molecule has 20 heavy (non-hydrogen) atoms. The van der Waals surface area contributed by atoms with Crippen molar-refractivity contribution in [1.82, 2.24) is 9.62 Å². The fourth-order valence-corrected chi connectivity index (χ4v) is 3.20. The molecule has 1 rings (SSSR count). The van der Waals surface area contributed by atoms with Crippen LogP contribution in [0.4, 0.5) is 0 Å². The summed E-state index contributed by atoms with van der Waals surface area (Å²) >= 11 is 0.